The van der Waals surface area contributed by atoms with Gasteiger partial charge in [-0.05, 0) is 12.1 Å². The zero-order valence-electron chi connectivity index (χ0n) is 12.2. The third-order valence-corrected chi connectivity index (χ3v) is 3.76. The predicted octanol–water partition coefficient (Wildman–Crippen LogP) is 3.80. The Hall–Kier alpha value is -2.87. The van der Waals surface area contributed by atoms with E-state index in [1.807, 2.05) is 0 Å². The van der Waals surface area contributed by atoms with Gasteiger partial charge in [0.2, 0.25) is 5.69 Å². The van der Waals surface area contributed by atoms with Crippen LogP contribution in [-0.2, 0) is 6.18 Å². The van der Waals surface area contributed by atoms with Gasteiger partial charge < -0.3 is 9.94 Å². The van der Waals surface area contributed by atoms with E-state index in [0.717, 1.165) is 12.1 Å². The molecule has 0 saturated carbocycles. The van der Waals surface area contributed by atoms with Crippen LogP contribution in [0.25, 0.3) is 11.0 Å². The summed E-state index contributed by atoms with van der Waals surface area (Å²) < 4.78 is 39.6. The Morgan fingerprint density at radius 1 is 1.12 bits per heavy atom. The van der Waals surface area contributed by atoms with E-state index >= 15 is 0 Å². The SMILES string of the molecule is O=C(c1ccccc1)c1c(C(F)(F)F)n([O-])c2cc(Cl)ccc2[n+]1=O. The maximum Gasteiger partial charge on any atom is 0.438 e. The second kappa shape index (κ2) is 5.89. The molecule has 0 bridgehead atoms. The van der Waals surface area contributed by atoms with Crippen molar-refractivity contribution in [3.05, 3.63) is 80.6 Å². The Balaban J connectivity index is 2.46. The third kappa shape index (κ3) is 2.85. The molecule has 1 aromatic heterocycles. The van der Waals surface area contributed by atoms with Gasteiger partial charge in [-0.2, -0.15) is 13.2 Å². The summed E-state index contributed by atoms with van der Waals surface area (Å²) in [6.07, 6.45) is -5.22. The number of nitrogens with zero attached hydrogens (tertiary/aromatic N) is 2. The van der Waals surface area contributed by atoms with E-state index in [1.54, 1.807) is 6.07 Å². The monoisotopic (exact) mass is 368 g/mol. The molecule has 0 saturated heterocycles. The lowest BCUT2D eigenvalue weighted by molar-refractivity contribution is -0.470. The lowest BCUT2D eigenvalue weighted by atomic mass is 10.1. The molecule has 0 aliphatic carbocycles. The second-order valence-electron chi connectivity index (χ2n) is 5.11. The lowest BCUT2D eigenvalue weighted by Gasteiger charge is -2.20. The Kier molecular flexibility index (Phi) is 4.00. The van der Waals surface area contributed by atoms with Gasteiger partial charge in [-0.15, -0.1) is 0 Å². The number of aromatic nitrogens is 2. The average Bonchev–Trinajstić information content (AvgIpc) is 2.56. The van der Waals surface area contributed by atoms with Crippen LogP contribution in [0.2, 0.25) is 5.02 Å². The summed E-state index contributed by atoms with van der Waals surface area (Å²) in [5.41, 5.74) is -4.30. The molecule has 0 atom stereocenters. The molecule has 1 heterocycles. The molecule has 0 spiro atoms. The summed E-state index contributed by atoms with van der Waals surface area (Å²) in [7, 11) is 0. The van der Waals surface area contributed by atoms with Crippen LogP contribution in [0.4, 0.5) is 13.2 Å². The van der Waals surface area contributed by atoms with Gasteiger partial charge in [-0.1, -0.05) is 41.9 Å². The van der Waals surface area contributed by atoms with Crippen LogP contribution in [0.3, 0.4) is 0 Å². The van der Waals surface area contributed by atoms with Crippen LogP contribution in [0, 0.1) is 10.1 Å². The fourth-order valence-electron chi connectivity index (χ4n) is 2.44. The number of halogens is 4. The molecule has 0 radical (unpaired) electrons. The molecule has 25 heavy (non-hydrogen) atoms. The standard InChI is InChI=1S/C16H8ClF3N2O3/c17-10-6-7-11-12(8-10)22(25)15(16(18,19)20)13(21(11)24)14(23)9-4-2-1-3-5-9/h1-8H. The fourth-order valence-corrected chi connectivity index (χ4v) is 2.61. The summed E-state index contributed by atoms with van der Waals surface area (Å²) in [6.45, 7) is 0. The van der Waals surface area contributed by atoms with Crippen molar-refractivity contribution in [1.29, 1.82) is 0 Å². The van der Waals surface area contributed by atoms with E-state index < -0.39 is 39.1 Å². The number of hydrogen-bond donors (Lipinski definition) is 0. The number of carbonyl (C=O) groups excluding carboxylic acids is 1. The average molecular weight is 369 g/mol. The lowest BCUT2D eigenvalue weighted by Crippen LogP contribution is -2.35. The highest BCUT2D eigenvalue weighted by Crippen LogP contribution is 2.33. The first kappa shape index (κ1) is 17.0. The maximum absolute atomic E-state index is 13.4. The van der Waals surface area contributed by atoms with Crippen LogP contribution in [-0.4, -0.2) is 10.5 Å². The van der Waals surface area contributed by atoms with Crippen LogP contribution in [0.1, 0.15) is 21.7 Å². The van der Waals surface area contributed by atoms with Gasteiger partial charge in [-0.3, -0.25) is 4.79 Å². The van der Waals surface area contributed by atoms with E-state index in [-0.39, 0.29) is 15.0 Å². The number of carbonyl (C=O) groups is 1. The molecule has 5 nitrogen and oxygen atoms in total. The van der Waals surface area contributed by atoms with Crippen LogP contribution in [0.15, 0.2) is 48.5 Å². The van der Waals surface area contributed by atoms with Crippen molar-refractivity contribution in [3.8, 4) is 0 Å². The van der Waals surface area contributed by atoms with E-state index in [9.17, 15) is 28.1 Å². The number of rotatable bonds is 2. The van der Waals surface area contributed by atoms with Crippen molar-refractivity contribution >= 4 is 28.4 Å². The van der Waals surface area contributed by atoms with E-state index in [4.69, 9.17) is 11.6 Å². The Morgan fingerprint density at radius 2 is 1.76 bits per heavy atom. The molecule has 0 unspecified atom stereocenters. The number of benzene rings is 2. The van der Waals surface area contributed by atoms with Crippen molar-refractivity contribution in [3.63, 3.8) is 0 Å². The van der Waals surface area contributed by atoms with Crippen molar-refractivity contribution in [2.45, 2.75) is 6.18 Å². The fraction of sp³-hybridized carbons (Fsp3) is 0.0625. The molecular weight excluding hydrogens is 361 g/mol. The van der Waals surface area contributed by atoms with Gasteiger partial charge >= 0.3 is 11.9 Å². The van der Waals surface area contributed by atoms with Crippen molar-refractivity contribution in [2.24, 2.45) is 0 Å². The van der Waals surface area contributed by atoms with Crippen molar-refractivity contribution in [2.75, 3.05) is 0 Å². The highest BCUT2D eigenvalue weighted by molar-refractivity contribution is 6.31. The minimum absolute atomic E-state index is 0.0210. The second-order valence-corrected chi connectivity index (χ2v) is 5.55. The summed E-state index contributed by atoms with van der Waals surface area (Å²) in [6, 6.07) is 10.2. The molecule has 0 aliphatic heterocycles. The molecule has 3 rings (SSSR count). The molecular formula is C16H8ClF3N2O3. The molecule has 0 N–H and O–H groups in total. The number of alkyl halides is 3. The van der Waals surface area contributed by atoms with Crippen molar-refractivity contribution in [1.82, 2.24) is 4.73 Å². The van der Waals surface area contributed by atoms with Gasteiger partial charge in [0.25, 0.3) is 11.3 Å². The van der Waals surface area contributed by atoms with Gasteiger partial charge in [0.1, 0.15) is 5.52 Å². The van der Waals surface area contributed by atoms with Gasteiger partial charge in [0, 0.05) is 21.6 Å². The maximum atomic E-state index is 13.4. The Labute approximate surface area is 143 Å². The highest BCUT2D eigenvalue weighted by Gasteiger charge is 2.45. The molecule has 2 aromatic carbocycles. The summed E-state index contributed by atoms with van der Waals surface area (Å²) in [5.74, 6) is -1.20. The number of ketones is 1. The highest BCUT2D eigenvalue weighted by atomic mass is 35.5. The topological polar surface area (TPSA) is 68.0 Å². The normalized spacial score (nSPS) is 11.7. The van der Waals surface area contributed by atoms with Crippen LogP contribution >= 0.6 is 11.6 Å². The van der Waals surface area contributed by atoms with E-state index in [1.165, 1.54) is 30.3 Å². The summed E-state index contributed by atoms with van der Waals surface area (Å²) >= 11 is 5.70. The minimum Gasteiger partial charge on any atom is -0.805 e. The molecule has 128 valence electrons. The number of hydrogen-bond acceptors (Lipinski definition) is 3. The quantitative estimate of drug-likeness (QED) is 0.510. The first-order chi connectivity index (χ1) is 11.7. The Bertz CT molecular complexity index is 1050. The number of fused-ring (bicyclic) bond motifs is 1. The molecule has 3 aromatic rings. The molecule has 0 amide bonds. The van der Waals surface area contributed by atoms with Gasteiger partial charge in [-0.25, -0.2) is 0 Å². The molecule has 0 fully saturated rings. The van der Waals surface area contributed by atoms with Crippen LogP contribution in [0.5, 0.6) is 0 Å². The zero-order valence-corrected chi connectivity index (χ0v) is 13.0. The third-order valence-electron chi connectivity index (χ3n) is 3.53. The summed E-state index contributed by atoms with van der Waals surface area (Å²) in [4.78, 5) is 25.0. The first-order valence-electron chi connectivity index (χ1n) is 6.87. The van der Waals surface area contributed by atoms with Crippen molar-refractivity contribution < 1.29 is 22.4 Å². The Morgan fingerprint density at radius 3 is 2.36 bits per heavy atom. The van der Waals surface area contributed by atoms with E-state index in [0.29, 0.717) is 0 Å². The smallest absolute Gasteiger partial charge is 0.438 e. The molecule has 9 heteroatoms. The summed E-state index contributed by atoms with van der Waals surface area (Å²) in [5, 5.41) is 12.2. The zero-order chi connectivity index (χ0) is 18.4. The first-order valence-corrected chi connectivity index (χ1v) is 7.25. The van der Waals surface area contributed by atoms with E-state index in [2.05, 4.69) is 0 Å². The van der Waals surface area contributed by atoms with Gasteiger partial charge in [0.05, 0.1) is 4.43 Å². The minimum atomic E-state index is -5.22. The molecule has 0 aliphatic rings. The largest absolute Gasteiger partial charge is 0.805 e. The van der Waals surface area contributed by atoms with Crippen LogP contribution < -0.4 is 4.43 Å². The van der Waals surface area contributed by atoms with Gasteiger partial charge in [0.15, 0.2) is 0 Å². The predicted molar refractivity (Wildman–Crippen MR) is 84.0 cm³/mol.